The number of rotatable bonds is 3. The fraction of sp³-hybridized carbons (Fsp3) is 0.118. The number of hydrogen-bond acceptors (Lipinski definition) is 3. The average molecular weight is 265 g/mol. The van der Waals surface area contributed by atoms with Gasteiger partial charge in [0.1, 0.15) is 0 Å². The first kappa shape index (κ1) is 12.6. The zero-order chi connectivity index (χ0) is 13.8. The molecule has 2 aromatic carbocycles. The van der Waals surface area contributed by atoms with Gasteiger partial charge in [0.05, 0.1) is 12.3 Å². The molecule has 1 unspecified atom stereocenters. The number of allylic oxidation sites excluding steroid dienone is 1. The SMILES string of the molecule is OC(Cc1ccccc1)c1cccc2c1ON=CC=C2. The Hall–Kier alpha value is -2.39. The minimum Gasteiger partial charge on any atom is -0.388 e. The quantitative estimate of drug-likeness (QED) is 0.924. The second-order valence-corrected chi connectivity index (χ2v) is 4.68. The minimum atomic E-state index is -0.617. The zero-order valence-electron chi connectivity index (χ0n) is 10.9. The van der Waals surface area contributed by atoms with Crippen LogP contribution in [0.3, 0.4) is 0 Å². The third-order valence-electron chi connectivity index (χ3n) is 3.27. The fourth-order valence-electron chi connectivity index (χ4n) is 2.28. The van der Waals surface area contributed by atoms with Crippen LogP contribution in [0.1, 0.15) is 22.8 Å². The molecule has 2 aromatic rings. The Balaban J connectivity index is 1.91. The van der Waals surface area contributed by atoms with Crippen LogP contribution in [-0.2, 0) is 6.42 Å². The summed E-state index contributed by atoms with van der Waals surface area (Å²) in [4.78, 5) is 5.39. The topological polar surface area (TPSA) is 41.8 Å². The second-order valence-electron chi connectivity index (χ2n) is 4.68. The Bertz CT molecular complexity index is 647. The molecule has 0 saturated heterocycles. The summed E-state index contributed by atoms with van der Waals surface area (Å²) in [6.07, 6.45) is 5.26. The fourth-order valence-corrected chi connectivity index (χ4v) is 2.28. The first-order valence-electron chi connectivity index (χ1n) is 6.56. The normalized spacial score (nSPS) is 14.2. The van der Waals surface area contributed by atoms with Crippen molar-refractivity contribution in [2.45, 2.75) is 12.5 Å². The van der Waals surface area contributed by atoms with Gasteiger partial charge in [-0.05, 0) is 17.7 Å². The van der Waals surface area contributed by atoms with Crippen LogP contribution < -0.4 is 4.84 Å². The number of fused-ring (bicyclic) bond motifs is 1. The predicted molar refractivity (Wildman–Crippen MR) is 79.7 cm³/mol. The summed E-state index contributed by atoms with van der Waals surface area (Å²) in [5.41, 5.74) is 2.77. The van der Waals surface area contributed by atoms with Crippen LogP contribution in [0.4, 0.5) is 0 Å². The van der Waals surface area contributed by atoms with Crippen molar-refractivity contribution in [2.75, 3.05) is 0 Å². The molecule has 3 nitrogen and oxygen atoms in total. The lowest BCUT2D eigenvalue weighted by Gasteiger charge is -2.15. The van der Waals surface area contributed by atoms with Crippen molar-refractivity contribution in [3.8, 4) is 5.75 Å². The van der Waals surface area contributed by atoms with Crippen LogP contribution in [0.15, 0.2) is 59.8 Å². The van der Waals surface area contributed by atoms with Crippen LogP contribution in [0, 0.1) is 0 Å². The van der Waals surface area contributed by atoms with E-state index in [9.17, 15) is 5.11 Å². The van der Waals surface area contributed by atoms with Gasteiger partial charge in [0.15, 0.2) is 5.75 Å². The van der Waals surface area contributed by atoms with Crippen molar-refractivity contribution in [1.82, 2.24) is 0 Å². The van der Waals surface area contributed by atoms with Gasteiger partial charge in [-0.15, -0.1) is 0 Å². The van der Waals surface area contributed by atoms with Gasteiger partial charge in [-0.1, -0.05) is 53.7 Å². The molecular formula is C17H15NO2. The maximum absolute atomic E-state index is 10.5. The van der Waals surface area contributed by atoms with Gasteiger partial charge in [0.25, 0.3) is 0 Å². The minimum absolute atomic E-state index is 0.550. The lowest BCUT2D eigenvalue weighted by Crippen LogP contribution is -2.04. The van der Waals surface area contributed by atoms with E-state index in [0.29, 0.717) is 12.2 Å². The number of hydrogen-bond donors (Lipinski definition) is 1. The Kier molecular flexibility index (Phi) is 3.61. The molecule has 20 heavy (non-hydrogen) atoms. The summed E-state index contributed by atoms with van der Waals surface area (Å²) in [6, 6.07) is 15.6. The van der Waals surface area contributed by atoms with Crippen LogP contribution in [0.25, 0.3) is 6.08 Å². The lowest BCUT2D eigenvalue weighted by molar-refractivity contribution is 0.172. The molecule has 0 fully saturated rings. The van der Waals surface area contributed by atoms with E-state index in [-0.39, 0.29) is 0 Å². The molecule has 100 valence electrons. The van der Waals surface area contributed by atoms with Crippen molar-refractivity contribution in [1.29, 1.82) is 0 Å². The van der Waals surface area contributed by atoms with Crippen LogP contribution in [0.5, 0.6) is 5.75 Å². The summed E-state index contributed by atoms with van der Waals surface area (Å²) in [5, 5.41) is 14.3. The van der Waals surface area contributed by atoms with E-state index in [1.54, 1.807) is 6.21 Å². The highest BCUT2D eigenvalue weighted by Gasteiger charge is 2.17. The van der Waals surface area contributed by atoms with Crippen molar-refractivity contribution in [2.24, 2.45) is 5.16 Å². The van der Waals surface area contributed by atoms with E-state index < -0.39 is 6.10 Å². The molecule has 0 bridgehead atoms. The van der Waals surface area contributed by atoms with Crippen molar-refractivity contribution < 1.29 is 9.94 Å². The van der Waals surface area contributed by atoms with Crippen LogP contribution in [0.2, 0.25) is 0 Å². The van der Waals surface area contributed by atoms with Gasteiger partial charge in [0.2, 0.25) is 0 Å². The Morgan fingerprint density at radius 3 is 2.75 bits per heavy atom. The molecule has 1 aliphatic heterocycles. The highest BCUT2D eigenvalue weighted by Crippen LogP contribution is 2.32. The van der Waals surface area contributed by atoms with Gasteiger partial charge in [-0.3, -0.25) is 0 Å². The van der Waals surface area contributed by atoms with Gasteiger partial charge >= 0.3 is 0 Å². The maximum Gasteiger partial charge on any atom is 0.170 e. The van der Waals surface area contributed by atoms with Gasteiger partial charge < -0.3 is 9.94 Å². The Morgan fingerprint density at radius 1 is 1.05 bits per heavy atom. The molecule has 0 aromatic heterocycles. The van der Waals surface area contributed by atoms with Gasteiger partial charge in [0, 0.05) is 17.5 Å². The smallest absolute Gasteiger partial charge is 0.170 e. The number of aliphatic hydroxyl groups excluding tert-OH is 1. The van der Waals surface area contributed by atoms with Crippen molar-refractivity contribution in [3.05, 3.63) is 71.3 Å². The first-order valence-corrected chi connectivity index (χ1v) is 6.56. The molecular weight excluding hydrogens is 250 g/mol. The average Bonchev–Trinajstić information content (AvgIpc) is 2.73. The largest absolute Gasteiger partial charge is 0.388 e. The zero-order valence-corrected chi connectivity index (χ0v) is 10.9. The maximum atomic E-state index is 10.5. The lowest BCUT2D eigenvalue weighted by atomic mass is 9.98. The third-order valence-corrected chi connectivity index (χ3v) is 3.27. The second kappa shape index (κ2) is 5.72. The van der Waals surface area contributed by atoms with Crippen LogP contribution in [-0.4, -0.2) is 11.3 Å². The van der Waals surface area contributed by atoms with Crippen molar-refractivity contribution in [3.63, 3.8) is 0 Å². The molecule has 0 spiro atoms. The Labute approximate surface area is 117 Å². The van der Waals surface area contributed by atoms with E-state index in [1.165, 1.54) is 0 Å². The summed E-state index contributed by atoms with van der Waals surface area (Å²) >= 11 is 0. The Morgan fingerprint density at radius 2 is 1.90 bits per heavy atom. The third kappa shape index (κ3) is 2.63. The van der Waals surface area contributed by atoms with E-state index in [2.05, 4.69) is 5.16 Å². The number of aliphatic hydroxyl groups is 1. The molecule has 0 saturated carbocycles. The van der Waals surface area contributed by atoms with E-state index >= 15 is 0 Å². The molecule has 0 radical (unpaired) electrons. The molecule has 1 N–H and O–H groups in total. The number of para-hydroxylation sites is 1. The number of oxime groups is 1. The molecule has 0 amide bonds. The number of nitrogens with zero attached hydrogens (tertiary/aromatic N) is 1. The molecule has 3 heteroatoms. The van der Waals surface area contributed by atoms with E-state index in [1.807, 2.05) is 60.7 Å². The molecule has 3 rings (SSSR count). The van der Waals surface area contributed by atoms with Crippen LogP contribution >= 0.6 is 0 Å². The molecule has 1 heterocycles. The molecule has 1 aliphatic rings. The summed E-state index contributed by atoms with van der Waals surface area (Å²) < 4.78 is 0. The summed E-state index contributed by atoms with van der Waals surface area (Å²) in [7, 11) is 0. The predicted octanol–water partition coefficient (Wildman–Crippen LogP) is 3.35. The molecule has 1 atom stereocenters. The molecule has 0 aliphatic carbocycles. The van der Waals surface area contributed by atoms with E-state index in [0.717, 1.165) is 16.7 Å². The van der Waals surface area contributed by atoms with Gasteiger partial charge in [-0.2, -0.15) is 0 Å². The highest BCUT2D eigenvalue weighted by molar-refractivity contribution is 5.80. The first-order chi connectivity index (χ1) is 9.84. The van der Waals surface area contributed by atoms with Gasteiger partial charge in [-0.25, -0.2) is 0 Å². The number of benzene rings is 2. The van der Waals surface area contributed by atoms with Crippen molar-refractivity contribution >= 4 is 12.3 Å². The standard InChI is InChI=1S/C17H15NO2/c19-16(12-13-6-2-1-3-7-13)15-10-4-8-14-9-5-11-18-20-17(14)15/h1-11,16,19H,12H2. The van der Waals surface area contributed by atoms with E-state index in [4.69, 9.17) is 4.84 Å². The monoisotopic (exact) mass is 265 g/mol. The summed E-state index contributed by atoms with van der Waals surface area (Å²) in [6.45, 7) is 0. The summed E-state index contributed by atoms with van der Waals surface area (Å²) in [5.74, 6) is 0.626. The highest BCUT2D eigenvalue weighted by atomic mass is 16.6.